The Morgan fingerprint density at radius 2 is 1.65 bits per heavy atom. The molecule has 0 N–H and O–H groups in total. The van der Waals surface area contributed by atoms with Crippen LogP contribution in [0.25, 0.3) is 5.69 Å². The minimum atomic E-state index is -0.395. The molecule has 1 saturated heterocycles. The van der Waals surface area contributed by atoms with Gasteiger partial charge in [0, 0.05) is 26.2 Å². The van der Waals surface area contributed by atoms with Gasteiger partial charge in [0.2, 0.25) is 5.91 Å². The Labute approximate surface area is 200 Å². The number of anilines is 2. The number of aromatic nitrogens is 2. The van der Waals surface area contributed by atoms with Gasteiger partial charge >= 0.3 is 0 Å². The van der Waals surface area contributed by atoms with E-state index in [1.807, 2.05) is 29.2 Å². The molecule has 3 aromatic rings. The maximum atomic E-state index is 13.0. The van der Waals surface area contributed by atoms with Crippen LogP contribution < -0.4 is 20.1 Å². The first-order chi connectivity index (χ1) is 16.5. The Kier molecular flexibility index (Phi) is 5.93. The number of rotatable bonds is 4. The van der Waals surface area contributed by atoms with Crippen LogP contribution in [0.2, 0.25) is 5.02 Å². The summed E-state index contributed by atoms with van der Waals surface area (Å²) >= 11 is 6.42. The van der Waals surface area contributed by atoms with Crippen LogP contribution in [0.5, 0.6) is 5.75 Å². The van der Waals surface area contributed by atoms with Gasteiger partial charge in [-0.05, 0) is 24.3 Å². The third-order valence-corrected chi connectivity index (χ3v) is 6.33. The van der Waals surface area contributed by atoms with Crippen LogP contribution in [-0.2, 0) is 9.59 Å². The molecule has 2 aromatic carbocycles. The molecule has 0 bridgehead atoms. The lowest BCUT2D eigenvalue weighted by Crippen LogP contribution is -2.53. The molecule has 0 unspecified atom stereocenters. The lowest BCUT2D eigenvalue weighted by Gasteiger charge is -2.37. The van der Waals surface area contributed by atoms with E-state index < -0.39 is 5.56 Å². The second-order valence-corrected chi connectivity index (χ2v) is 8.38. The van der Waals surface area contributed by atoms with Crippen molar-refractivity contribution in [3.05, 3.63) is 76.2 Å². The van der Waals surface area contributed by atoms with Gasteiger partial charge in [-0.3, -0.25) is 19.3 Å². The Balaban J connectivity index is 1.26. The predicted octanol–water partition coefficient (Wildman–Crippen LogP) is 1.96. The summed E-state index contributed by atoms with van der Waals surface area (Å²) in [6.07, 6.45) is 1.58. The fourth-order valence-corrected chi connectivity index (χ4v) is 4.41. The second kappa shape index (κ2) is 9.18. The zero-order chi connectivity index (χ0) is 23.7. The van der Waals surface area contributed by atoms with Crippen molar-refractivity contribution in [2.75, 3.05) is 49.1 Å². The number of benzene rings is 2. The molecule has 10 heteroatoms. The number of piperazine rings is 1. The van der Waals surface area contributed by atoms with Gasteiger partial charge in [0.05, 0.1) is 23.3 Å². The molecule has 9 nitrogen and oxygen atoms in total. The molecule has 174 valence electrons. The molecule has 2 aliphatic heterocycles. The van der Waals surface area contributed by atoms with Gasteiger partial charge in [0.15, 0.2) is 6.61 Å². The molecule has 0 aliphatic carbocycles. The molecule has 5 rings (SSSR count). The number of hydrogen-bond donors (Lipinski definition) is 0. The Morgan fingerprint density at radius 1 is 0.941 bits per heavy atom. The molecule has 34 heavy (non-hydrogen) atoms. The zero-order valence-electron chi connectivity index (χ0n) is 18.3. The first-order valence-corrected chi connectivity index (χ1v) is 11.3. The van der Waals surface area contributed by atoms with Gasteiger partial charge in [-0.15, -0.1) is 0 Å². The van der Waals surface area contributed by atoms with E-state index in [0.717, 1.165) is 0 Å². The average Bonchev–Trinajstić information content (AvgIpc) is 2.88. The first kappa shape index (κ1) is 22.0. The molecule has 3 heterocycles. The van der Waals surface area contributed by atoms with Gasteiger partial charge in [-0.2, -0.15) is 9.78 Å². The maximum absolute atomic E-state index is 13.0. The van der Waals surface area contributed by atoms with Crippen LogP contribution in [0, 0.1) is 0 Å². The van der Waals surface area contributed by atoms with E-state index in [9.17, 15) is 14.4 Å². The molecule has 2 aliphatic rings. The molecule has 1 aromatic heterocycles. The number of hydrogen-bond acceptors (Lipinski definition) is 6. The highest BCUT2D eigenvalue weighted by atomic mass is 35.5. The highest BCUT2D eigenvalue weighted by molar-refractivity contribution is 6.33. The van der Waals surface area contributed by atoms with E-state index in [1.165, 1.54) is 9.58 Å². The molecular weight excluding hydrogens is 458 g/mol. The highest BCUT2D eigenvalue weighted by Gasteiger charge is 2.30. The Morgan fingerprint density at radius 3 is 2.41 bits per heavy atom. The van der Waals surface area contributed by atoms with Gasteiger partial charge in [0.1, 0.15) is 17.3 Å². The van der Waals surface area contributed by atoms with Crippen LogP contribution in [-0.4, -0.2) is 65.8 Å². The molecule has 0 saturated carbocycles. The molecule has 1 fully saturated rings. The van der Waals surface area contributed by atoms with Crippen LogP contribution in [0.15, 0.2) is 65.6 Å². The fraction of sp³-hybridized carbons (Fsp3) is 0.250. The fourth-order valence-electron chi connectivity index (χ4n) is 4.16. The maximum Gasteiger partial charge on any atom is 0.292 e. The molecule has 2 amide bonds. The van der Waals surface area contributed by atoms with Crippen molar-refractivity contribution < 1.29 is 14.3 Å². The monoisotopic (exact) mass is 479 g/mol. The van der Waals surface area contributed by atoms with Gasteiger partial charge in [-0.1, -0.05) is 41.9 Å². The Hall–Kier alpha value is -3.85. The highest BCUT2D eigenvalue weighted by Crippen LogP contribution is 2.31. The van der Waals surface area contributed by atoms with Crippen molar-refractivity contribution in [1.82, 2.24) is 14.7 Å². The Bertz CT molecular complexity index is 1290. The van der Waals surface area contributed by atoms with Crippen molar-refractivity contribution in [3.8, 4) is 11.4 Å². The summed E-state index contributed by atoms with van der Waals surface area (Å²) in [4.78, 5) is 43.3. The number of nitrogens with zero attached hydrogens (tertiary/aromatic N) is 5. The van der Waals surface area contributed by atoms with Crippen LogP contribution in [0.3, 0.4) is 0 Å². The van der Waals surface area contributed by atoms with Gasteiger partial charge in [0.25, 0.3) is 11.5 Å². The van der Waals surface area contributed by atoms with E-state index >= 15 is 0 Å². The van der Waals surface area contributed by atoms with Gasteiger partial charge in [-0.25, -0.2) is 0 Å². The molecule has 0 atom stereocenters. The largest absolute Gasteiger partial charge is 0.482 e. The van der Waals surface area contributed by atoms with E-state index in [4.69, 9.17) is 16.3 Å². The van der Waals surface area contributed by atoms with Crippen molar-refractivity contribution in [3.63, 3.8) is 0 Å². The number of carbonyl (C=O) groups is 2. The average molecular weight is 480 g/mol. The third-order valence-electron chi connectivity index (χ3n) is 5.98. The lowest BCUT2D eigenvalue weighted by molar-refractivity contribution is -0.132. The summed E-state index contributed by atoms with van der Waals surface area (Å²) in [5.74, 6) is 0.197. The van der Waals surface area contributed by atoms with Crippen molar-refractivity contribution in [2.24, 2.45) is 0 Å². The number of carbonyl (C=O) groups excluding carboxylic acids is 2. The summed E-state index contributed by atoms with van der Waals surface area (Å²) in [5.41, 5.74) is 1.38. The van der Waals surface area contributed by atoms with E-state index in [2.05, 4.69) is 5.10 Å². The number of halogens is 1. The van der Waals surface area contributed by atoms with Crippen molar-refractivity contribution in [1.29, 1.82) is 0 Å². The van der Waals surface area contributed by atoms with Gasteiger partial charge < -0.3 is 14.5 Å². The van der Waals surface area contributed by atoms with E-state index in [-0.39, 0.29) is 30.0 Å². The quantitative estimate of drug-likeness (QED) is 0.568. The lowest BCUT2D eigenvalue weighted by atomic mass is 10.2. The number of para-hydroxylation sites is 3. The smallest absolute Gasteiger partial charge is 0.292 e. The SMILES string of the molecule is O=C(CN1C(=O)COc2ccccc21)N1CCN(c2cnn(-c3ccccc3)c(=O)c2Cl)CC1. The number of ether oxygens (including phenoxy) is 1. The predicted molar refractivity (Wildman–Crippen MR) is 128 cm³/mol. The normalized spacial score (nSPS) is 15.7. The third kappa shape index (κ3) is 4.10. The molecule has 0 spiro atoms. The molecule has 0 radical (unpaired) electrons. The summed E-state index contributed by atoms with van der Waals surface area (Å²) in [6.45, 7) is 1.74. The van der Waals surface area contributed by atoms with E-state index in [1.54, 1.807) is 41.4 Å². The zero-order valence-corrected chi connectivity index (χ0v) is 19.0. The molecular formula is C24H22ClN5O4. The standard InChI is InChI=1S/C24H22ClN5O4/c25-23-19(14-26-30(24(23)33)17-6-2-1-3-7-17)27-10-12-28(13-11-27)21(31)15-29-18-8-4-5-9-20(18)34-16-22(29)32/h1-9,14H,10-13,15-16H2. The number of amides is 2. The topological polar surface area (TPSA) is 88.0 Å². The van der Waals surface area contributed by atoms with Crippen LogP contribution in [0.4, 0.5) is 11.4 Å². The minimum Gasteiger partial charge on any atom is -0.482 e. The first-order valence-electron chi connectivity index (χ1n) is 10.9. The number of fused-ring (bicyclic) bond motifs is 1. The van der Waals surface area contributed by atoms with Crippen LogP contribution in [0.1, 0.15) is 0 Å². The van der Waals surface area contributed by atoms with E-state index in [0.29, 0.717) is 49.0 Å². The summed E-state index contributed by atoms with van der Waals surface area (Å²) < 4.78 is 6.71. The minimum absolute atomic E-state index is 0.0470. The van der Waals surface area contributed by atoms with Crippen molar-refractivity contribution >= 4 is 34.8 Å². The summed E-state index contributed by atoms with van der Waals surface area (Å²) in [7, 11) is 0. The second-order valence-electron chi connectivity index (χ2n) is 8.00. The summed E-state index contributed by atoms with van der Waals surface area (Å²) in [5, 5.41) is 4.38. The van der Waals surface area contributed by atoms with Crippen molar-refractivity contribution in [2.45, 2.75) is 0 Å². The van der Waals surface area contributed by atoms with Crippen LogP contribution >= 0.6 is 11.6 Å². The summed E-state index contributed by atoms with van der Waals surface area (Å²) in [6, 6.07) is 16.3.